The monoisotopic (exact) mass is 470 g/mol. The number of hydrogen-bond donors (Lipinski definition) is 1. The molecule has 0 fully saturated rings. The molecule has 0 aliphatic carbocycles. The fourth-order valence-corrected chi connectivity index (χ4v) is 4.98. The van der Waals surface area contributed by atoms with E-state index < -0.39 is 0 Å². The number of hydrogen-bond acceptors (Lipinski definition) is 5. The van der Waals surface area contributed by atoms with E-state index in [-0.39, 0.29) is 17.8 Å². The summed E-state index contributed by atoms with van der Waals surface area (Å²) in [7, 11) is 0. The molecule has 4 aromatic rings. The van der Waals surface area contributed by atoms with E-state index in [1.54, 1.807) is 41.3 Å². The van der Waals surface area contributed by atoms with Crippen molar-refractivity contribution < 1.29 is 14.4 Å². The lowest BCUT2D eigenvalue weighted by Gasteiger charge is -2.22. The first-order chi connectivity index (χ1) is 16.5. The highest BCUT2D eigenvalue weighted by atomic mass is 32.1. The Bertz CT molecular complexity index is 1360. The number of anilines is 2. The number of carbonyl (C=O) groups is 3. The molecule has 0 spiro atoms. The lowest BCUT2D eigenvalue weighted by molar-refractivity contribution is 0.0926. The van der Waals surface area contributed by atoms with Gasteiger partial charge in [-0.05, 0) is 42.3 Å². The summed E-state index contributed by atoms with van der Waals surface area (Å²) in [5.74, 6) is -0.742. The zero-order valence-electron chi connectivity index (χ0n) is 18.5. The van der Waals surface area contributed by atoms with Gasteiger partial charge < -0.3 is 10.2 Å². The Morgan fingerprint density at radius 3 is 2.32 bits per heavy atom. The normalized spacial score (nSPS) is 12.8. The SMILES string of the molecule is CCCN(Cc1ccccc1)C(=O)Nc1ccc2nc(N3C(=O)c4ccccc4C3=O)sc2c1. The molecule has 5 rings (SSSR count). The van der Waals surface area contributed by atoms with Gasteiger partial charge in [0.15, 0.2) is 0 Å². The van der Waals surface area contributed by atoms with Crippen LogP contribution in [0.15, 0.2) is 72.8 Å². The van der Waals surface area contributed by atoms with Crippen LogP contribution in [-0.2, 0) is 6.54 Å². The van der Waals surface area contributed by atoms with E-state index in [0.29, 0.717) is 40.6 Å². The molecule has 2 heterocycles. The Morgan fingerprint density at radius 2 is 1.65 bits per heavy atom. The van der Waals surface area contributed by atoms with Crippen LogP contribution in [-0.4, -0.2) is 34.3 Å². The number of thiazole rings is 1. The second-order valence-electron chi connectivity index (χ2n) is 8.01. The van der Waals surface area contributed by atoms with E-state index in [1.165, 1.54) is 11.3 Å². The van der Waals surface area contributed by atoms with Crippen molar-refractivity contribution in [1.29, 1.82) is 0 Å². The van der Waals surface area contributed by atoms with Crippen LogP contribution in [0.4, 0.5) is 15.6 Å². The van der Waals surface area contributed by atoms with Crippen molar-refractivity contribution in [2.24, 2.45) is 0 Å². The Kier molecular flexibility index (Phi) is 5.81. The standard InChI is InChI=1S/C26H22N4O3S/c1-2-14-29(16-17-8-4-3-5-9-17)25(33)27-18-12-13-21-22(15-18)34-26(28-21)30-23(31)19-10-6-7-11-20(19)24(30)32/h3-13,15H,2,14,16H2,1H3,(H,27,33). The average Bonchev–Trinajstić information content (AvgIpc) is 3.37. The van der Waals surface area contributed by atoms with Crippen molar-refractivity contribution in [2.75, 3.05) is 16.8 Å². The third-order valence-electron chi connectivity index (χ3n) is 5.61. The first-order valence-electron chi connectivity index (χ1n) is 11.0. The summed E-state index contributed by atoms with van der Waals surface area (Å²) in [4.78, 5) is 46.0. The molecule has 34 heavy (non-hydrogen) atoms. The molecular formula is C26H22N4O3S. The number of nitrogens with one attached hydrogen (secondary N) is 1. The minimum Gasteiger partial charge on any atom is -0.320 e. The highest BCUT2D eigenvalue weighted by Gasteiger charge is 2.38. The van der Waals surface area contributed by atoms with Crippen LogP contribution in [0.2, 0.25) is 0 Å². The van der Waals surface area contributed by atoms with Crippen molar-refractivity contribution in [3.63, 3.8) is 0 Å². The molecule has 1 aromatic heterocycles. The number of nitrogens with zero attached hydrogens (tertiary/aromatic N) is 3. The van der Waals surface area contributed by atoms with E-state index in [9.17, 15) is 14.4 Å². The maximum absolute atomic E-state index is 13.0. The third-order valence-corrected chi connectivity index (χ3v) is 6.61. The predicted molar refractivity (Wildman–Crippen MR) is 133 cm³/mol. The van der Waals surface area contributed by atoms with Gasteiger partial charge in [0.2, 0.25) is 5.13 Å². The Hall–Kier alpha value is -4.04. The molecule has 1 aliphatic heterocycles. The molecule has 0 atom stereocenters. The second kappa shape index (κ2) is 9.07. The van der Waals surface area contributed by atoms with E-state index >= 15 is 0 Å². The number of imide groups is 1. The molecule has 1 aliphatic rings. The Labute approximate surface area is 200 Å². The number of rotatable bonds is 6. The van der Waals surface area contributed by atoms with Crippen LogP contribution >= 0.6 is 11.3 Å². The summed E-state index contributed by atoms with van der Waals surface area (Å²) in [5.41, 5.74) is 3.12. The largest absolute Gasteiger partial charge is 0.322 e. The summed E-state index contributed by atoms with van der Waals surface area (Å²) in [5, 5.41) is 3.29. The van der Waals surface area contributed by atoms with Crippen LogP contribution < -0.4 is 10.2 Å². The Morgan fingerprint density at radius 1 is 0.971 bits per heavy atom. The van der Waals surface area contributed by atoms with Gasteiger partial charge in [0.1, 0.15) is 0 Å². The third kappa shape index (κ3) is 4.04. The van der Waals surface area contributed by atoms with Crippen molar-refractivity contribution in [3.8, 4) is 0 Å². The number of aromatic nitrogens is 1. The van der Waals surface area contributed by atoms with Gasteiger partial charge in [0, 0.05) is 18.8 Å². The van der Waals surface area contributed by atoms with Gasteiger partial charge in [0.25, 0.3) is 11.8 Å². The highest BCUT2D eigenvalue weighted by Crippen LogP contribution is 2.35. The number of urea groups is 1. The Balaban J connectivity index is 1.36. The van der Waals surface area contributed by atoms with Crippen LogP contribution in [0.3, 0.4) is 0 Å². The van der Waals surface area contributed by atoms with Gasteiger partial charge in [-0.2, -0.15) is 0 Å². The molecule has 0 unspecified atom stereocenters. The van der Waals surface area contributed by atoms with Gasteiger partial charge in [0.05, 0.1) is 21.3 Å². The smallest absolute Gasteiger partial charge is 0.320 e. The van der Waals surface area contributed by atoms with Crippen molar-refractivity contribution >= 4 is 50.2 Å². The summed E-state index contributed by atoms with van der Waals surface area (Å²) in [6.07, 6.45) is 0.845. The van der Waals surface area contributed by atoms with Gasteiger partial charge in [-0.1, -0.05) is 60.7 Å². The summed E-state index contributed by atoms with van der Waals surface area (Å²) < 4.78 is 0.773. The maximum Gasteiger partial charge on any atom is 0.322 e. The molecule has 7 nitrogen and oxygen atoms in total. The molecule has 0 bridgehead atoms. The fourth-order valence-electron chi connectivity index (χ4n) is 3.98. The highest BCUT2D eigenvalue weighted by molar-refractivity contribution is 7.22. The molecule has 0 saturated heterocycles. The number of benzene rings is 3. The lowest BCUT2D eigenvalue weighted by atomic mass is 10.1. The van der Waals surface area contributed by atoms with Gasteiger partial charge >= 0.3 is 6.03 Å². The van der Waals surface area contributed by atoms with Crippen molar-refractivity contribution in [1.82, 2.24) is 9.88 Å². The van der Waals surface area contributed by atoms with E-state index in [4.69, 9.17) is 0 Å². The van der Waals surface area contributed by atoms with Gasteiger partial charge in [-0.15, -0.1) is 0 Å². The summed E-state index contributed by atoms with van der Waals surface area (Å²) >= 11 is 1.24. The van der Waals surface area contributed by atoms with Crippen molar-refractivity contribution in [2.45, 2.75) is 19.9 Å². The van der Waals surface area contributed by atoms with Gasteiger partial charge in [-0.3, -0.25) is 9.59 Å². The molecule has 4 amide bonds. The van der Waals surface area contributed by atoms with Crippen LogP contribution in [0.5, 0.6) is 0 Å². The number of fused-ring (bicyclic) bond motifs is 2. The molecule has 0 saturated carbocycles. The van der Waals surface area contributed by atoms with Crippen LogP contribution in [0.25, 0.3) is 10.2 Å². The zero-order chi connectivity index (χ0) is 23.7. The molecule has 0 radical (unpaired) electrons. The van der Waals surface area contributed by atoms with Gasteiger partial charge in [-0.25, -0.2) is 14.7 Å². The topological polar surface area (TPSA) is 82.6 Å². The maximum atomic E-state index is 13.0. The zero-order valence-corrected chi connectivity index (χ0v) is 19.3. The first kappa shape index (κ1) is 21.8. The quantitative estimate of drug-likeness (QED) is 0.375. The predicted octanol–water partition coefficient (Wildman–Crippen LogP) is 5.54. The molecule has 8 heteroatoms. The van der Waals surface area contributed by atoms with E-state index in [1.807, 2.05) is 43.3 Å². The molecule has 3 aromatic carbocycles. The molecular weight excluding hydrogens is 448 g/mol. The molecule has 1 N–H and O–H groups in total. The minimum absolute atomic E-state index is 0.185. The van der Waals surface area contributed by atoms with Crippen molar-refractivity contribution in [3.05, 3.63) is 89.5 Å². The average molecular weight is 471 g/mol. The fraction of sp³-hybridized carbons (Fsp3) is 0.154. The minimum atomic E-state index is -0.371. The first-order valence-corrected chi connectivity index (χ1v) is 11.8. The number of amides is 4. The van der Waals surface area contributed by atoms with Crippen LogP contribution in [0, 0.1) is 0 Å². The summed E-state index contributed by atoms with van der Waals surface area (Å²) in [6, 6.07) is 21.8. The van der Waals surface area contributed by atoms with E-state index in [0.717, 1.165) is 21.6 Å². The lowest BCUT2D eigenvalue weighted by Crippen LogP contribution is -2.35. The second-order valence-corrected chi connectivity index (χ2v) is 9.02. The van der Waals surface area contributed by atoms with E-state index in [2.05, 4.69) is 10.3 Å². The number of carbonyl (C=O) groups excluding carboxylic acids is 3. The summed E-state index contributed by atoms with van der Waals surface area (Å²) in [6.45, 7) is 3.19. The molecule has 170 valence electrons. The van der Waals surface area contributed by atoms with Crippen LogP contribution in [0.1, 0.15) is 39.6 Å².